The van der Waals surface area contributed by atoms with Crippen LogP contribution < -0.4 is 4.74 Å². The zero-order valence-corrected chi connectivity index (χ0v) is 11.4. The monoisotopic (exact) mass is 314 g/mol. The Hall–Kier alpha value is -2.01. The van der Waals surface area contributed by atoms with Crippen LogP contribution in [0.3, 0.4) is 0 Å². The van der Waals surface area contributed by atoms with Crippen molar-refractivity contribution in [2.75, 3.05) is 0 Å². The summed E-state index contributed by atoms with van der Waals surface area (Å²) < 4.78 is 43.0. The highest BCUT2D eigenvalue weighted by Gasteiger charge is 2.30. The average Bonchev–Trinajstić information content (AvgIpc) is 2.44. The molecule has 2 nitrogen and oxygen atoms in total. The first-order chi connectivity index (χ1) is 9.88. The van der Waals surface area contributed by atoms with Gasteiger partial charge in [-0.25, -0.2) is 0 Å². The number of aldehydes is 1. The summed E-state index contributed by atoms with van der Waals surface area (Å²) >= 11 is 5.83. The van der Waals surface area contributed by atoms with Crippen LogP contribution in [0.5, 0.6) is 5.75 Å². The zero-order chi connectivity index (χ0) is 15.5. The molecule has 0 aliphatic rings. The van der Waals surface area contributed by atoms with Crippen molar-refractivity contribution in [1.82, 2.24) is 0 Å². The Kier molecular flexibility index (Phi) is 4.53. The summed E-state index contributed by atoms with van der Waals surface area (Å²) in [4.78, 5) is 10.7. The van der Waals surface area contributed by atoms with Gasteiger partial charge in [0.05, 0.1) is 5.56 Å². The van der Waals surface area contributed by atoms with Gasteiger partial charge in [-0.15, -0.1) is 0 Å². The number of hydrogen-bond donors (Lipinski definition) is 0. The standard InChI is InChI=1S/C15H10ClF3O2/c16-13-5-10(8-20)4-11(6-13)9-21-14-3-1-2-12(7-14)15(17,18)19/h1-8H,9H2. The van der Waals surface area contributed by atoms with E-state index in [0.717, 1.165) is 12.1 Å². The lowest BCUT2D eigenvalue weighted by atomic mass is 10.1. The van der Waals surface area contributed by atoms with E-state index in [1.807, 2.05) is 0 Å². The van der Waals surface area contributed by atoms with Gasteiger partial charge in [0.1, 0.15) is 18.6 Å². The highest BCUT2D eigenvalue weighted by molar-refractivity contribution is 6.30. The molecule has 0 aromatic heterocycles. The van der Waals surface area contributed by atoms with E-state index < -0.39 is 11.7 Å². The fourth-order valence-corrected chi connectivity index (χ4v) is 2.02. The number of ether oxygens (including phenoxy) is 1. The van der Waals surface area contributed by atoms with Crippen LogP contribution in [0.1, 0.15) is 21.5 Å². The smallest absolute Gasteiger partial charge is 0.416 e. The van der Waals surface area contributed by atoms with Crippen LogP contribution in [0.4, 0.5) is 13.2 Å². The minimum Gasteiger partial charge on any atom is -0.489 e. The molecule has 0 amide bonds. The van der Waals surface area contributed by atoms with Crippen molar-refractivity contribution in [2.45, 2.75) is 12.8 Å². The van der Waals surface area contributed by atoms with Gasteiger partial charge in [0.2, 0.25) is 0 Å². The molecule has 2 aromatic rings. The largest absolute Gasteiger partial charge is 0.489 e. The van der Waals surface area contributed by atoms with E-state index in [-0.39, 0.29) is 12.4 Å². The maximum Gasteiger partial charge on any atom is 0.416 e. The van der Waals surface area contributed by atoms with Crippen LogP contribution in [0.25, 0.3) is 0 Å². The molecule has 0 saturated carbocycles. The quantitative estimate of drug-likeness (QED) is 0.761. The molecule has 0 spiro atoms. The molecule has 0 aliphatic heterocycles. The van der Waals surface area contributed by atoms with Crippen LogP contribution in [0, 0.1) is 0 Å². The van der Waals surface area contributed by atoms with E-state index in [1.54, 1.807) is 12.1 Å². The van der Waals surface area contributed by atoms with Gasteiger partial charge in [-0.2, -0.15) is 13.2 Å². The number of rotatable bonds is 4. The molecule has 0 aliphatic carbocycles. The first kappa shape index (κ1) is 15.4. The Bertz CT molecular complexity index is 654. The lowest BCUT2D eigenvalue weighted by Crippen LogP contribution is -2.05. The van der Waals surface area contributed by atoms with Crippen LogP contribution in [-0.2, 0) is 12.8 Å². The third-order valence-corrected chi connectivity index (χ3v) is 2.90. The van der Waals surface area contributed by atoms with Crippen LogP contribution in [0.2, 0.25) is 5.02 Å². The number of carbonyl (C=O) groups is 1. The molecule has 0 saturated heterocycles. The van der Waals surface area contributed by atoms with E-state index in [2.05, 4.69) is 0 Å². The molecular formula is C15H10ClF3O2. The second kappa shape index (κ2) is 6.18. The normalized spacial score (nSPS) is 11.2. The van der Waals surface area contributed by atoms with E-state index in [1.165, 1.54) is 18.2 Å². The fraction of sp³-hybridized carbons (Fsp3) is 0.133. The zero-order valence-electron chi connectivity index (χ0n) is 10.7. The summed E-state index contributed by atoms with van der Waals surface area (Å²) in [5, 5.41) is 0.363. The molecule has 0 unspecified atom stereocenters. The highest BCUT2D eigenvalue weighted by atomic mass is 35.5. The maximum atomic E-state index is 12.6. The van der Waals surface area contributed by atoms with Gasteiger partial charge in [0.15, 0.2) is 0 Å². The first-order valence-electron chi connectivity index (χ1n) is 5.93. The predicted molar refractivity (Wildman–Crippen MR) is 72.6 cm³/mol. The van der Waals surface area contributed by atoms with Gasteiger partial charge >= 0.3 is 6.18 Å². The number of halogens is 4. The minimum atomic E-state index is -4.42. The molecule has 0 atom stereocenters. The van der Waals surface area contributed by atoms with Crippen molar-refractivity contribution in [3.63, 3.8) is 0 Å². The predicted octanol–water partition coefficient (Wildman–Crippen LogP) is 4.75. The molecule has 2 rings (SSSR count). The van der Waals surface area contributed by atoms with Crippen LogP contribution in [0.15, 0.2) is 42.5 Å². The number of hydrogen-bond acceptors (Lipinski definition) is 2. The number of alkyl halides is 3. The van der Waals surface area contributed by atoms with E-state index in [4.69, 9.17) is 16.3 Å². The second-order valence-corrected chi connectivity index (χ2v) is 4.76. The Labute approximate surface area is 124 Å². The molecule has 0 bridgehead atoms. The summed E-state index contributed by atoms with van der Waals surface area (Å²) in [5.41, 5.74) is 0.201. The topological polar surface area (TPSA) is 26.3 Å². The van der Waals surface area contributed by atoms with Gasteiger partial charge in [-0.3, -0.25) is 4.79 Å². The molecule has 2 aromatic carbocycles. The Morgan fingerprint density at radius 3 is 2.57 bits per heavy atom. The van der Waals surface area contributed by atoms with E-state index >= 15 is 0 Å². The lowest BCUT2D eigenvalue weighted by molar-refractivity contribution is -0.137. The number of carbonyl (C=O) groups excluding carboxylic acids is 1. The lowest BCUT2D eigenvalue weighted by Gasteiger charge is -2.10. The van der Waals surface area contributed by atoms with Gasteiger partial charge < -0.3 is 4.74 Å². The Balaban J connectivity index is 2.13. The van der Waals surface area contributed by atoms with Gasteiger partial charge in [0.25, 0.3) is 0 Å². The van der Waals surface area contributed by atoms with Crippen molar-refractivity contribution in [1.29, 1.82) is 0 Å². The third kappa shape index (κ3) is 4.23. The van der Waals surface area contributed by atoms with Gasteiger partial charge in [-0.1, -0.05) is 17.7 Å². The maximum absolute atomic E-state index is 12.6. The highest BCUT2D eigenvalue weighted by Crippen LogP contribution is 2.31. The van der Waals surface area contributed by atoms with Crippen molar-refractivity contribution < 1.29 is 22.7 Å². The molecule has 6 heteroatoms. The summed E-state index contributed by atoms with van der Waals surface area (Å²) in [7, 11) is 0. The molecule has 21 heavy (non-hydrogen) atoms. The van der Waals surface area contributed by atoms with Crippen LogP contribution in [-0.4, -0.2) is 6.29 Å². The molecule has 0 N–H and O–H groups in total. The molecule has 110 valence electrons. The molecule has 0 radical (unpaired) electrons. The Morgan fingerprint density at radius 1 is 1.14 bits per heavy atom. The van der Waals surface area contributed by atoms with Crippen molar-refractivity contribution in [3.05, 3.63) is 64.2 Å². The SMILES string of the molecule is O=Cc1cc(Cl)cc(COc2cccc(C(F)(F)F)c2)c1. The number of benzene rings is 2. The Morgan fingerprint density at radius 2 is 1.90 bits per heavy atom. The van der Waals surface area contributed by atoms with E-state index in [0.29, 0.717) is 22.4 Å². The summed E-state index contributed by atoms with van der Waals surface area (Å²) in [6.07, 6.45) is -3.78. The van der Waals surface area contributed by atoms with Crippen LogP contribution >= 0.6 is 11.6 Å². The average molecular weight is 315 g/mol. The molecule has 0 heterocycles. The van der Waals surface area contributed by atoms with Crippen molar-refractivity contribution >= 4 is 17.9 Å². The van der Waals surface area contributed by atoms with Gasteiger partial charge in [-0.05, 0) is 42.0 Å². The summed E-state index contributed by atoms with van der Waals surface area (Å²) in [6.45, 7) is 0.0166. The van der Waals surface area contributed by atoms with E-state index in [9.17, 15) is 18.0 Å². The minimum absolute atomic E-state index is 0.0166. The molecule has 0 fully saturated rings. The van der Waals surface area contributed by atoms with Gasteiger partial charge in [0, 0.05) is 10.6 Å². The second-order valence-electron chi connectivity index (χ2n) is 4.32. The first-order valence-corrected chi connectivity index (χ1v) is 6.31. The van der Waals surface area contributed by atoms with Crippen molar-refractivity contribution in [3.8, 4) is 5.75 Å². The van der Waals surface area contributed by atoms with Crippen molar-refractivity contribution in [2.24, 2.45) is 0 Å². The molecular weight excluding hydrogens is 305 g/mol. The summed E-state index contributed by atoms with van der Waals surface area (Å²) in [6, 6.07) is 9.23. The fourth-order valence-electron chi connectivity index (χ4n) is 1.76. The summed E-state index contributed by atoms with van der Waals surface area (Å²) in [5.74, 6) is 0.0949. The third-order valence-electron chi connectivity index (χ3n) is 2.68.